The van der Waals surface area contributed by atoms with E-state index in [9.17, 15) is 29.4 Å². The number of hydrogen-bond donors (Lipinski definition) is 4. The monoisotopic (exact) mass is 585 g/mol. The molecular formula is C27H27N3O12. The molecule has 0 unspecified atom stereocenters. The molecule has 15 heteroatoms. The Bertz CT molecular complexity index is 1530. The number of carbonyl (C=O) groups is 4. The average Bonchev–Trinajstić information content (AvgIpc) is 3.52. The number of carboxylic acid groups (broad SMARTS) is 4. The van der Waals surface area contributed by atoms with Gasteiger partial charge in [0.25, 0.3) is 5.89 Å². The molecule has 0 saturated heterocycles. The fourth-order valence-electron chi connectivity index (χ4n) is 4.16. The molecule has 4 aromatic rings. The Morgan fingerprint density at radius 2 is 1.43 bits per heavy atom. The largest absolute Gasteiger partial charge is 0.489 e. The van der Waals surface area contributed by atoms with Gasteiger partial charge in [-0.3, -0.25) is 24.1 Å². The van der Waals surface area contributed by atoms with E-state index < -0.39 is 50.1 Å². The number of nitrogens with zero attached hydrogens (tertiary/aromatic N) is 3. The van der Waals surface area contributed by atoms with Crippen molar-refractivity contribution in [2.75, 3.05) is 57.4 Å². The van der Waals surface area contributed by atoms with Gasteiger partial charge in [-0.05, 0) is 24.3 Å². The van der Waals surface area contributed by atoms with Crippen LogP contribution in [0, 0.1) is 0 Å². The molecule has 2 heterocycles. The maximum atomic E-state index is 11.5. The molecule has 0 aliphatic carbocycles. The van der Waals surface area contributed by atoms with Gasteiger partial charge in [0.15, 0.2) is 11.3 Å². The minimum absolute atomic E-state index is 0.0167. The van der Waals surface area contributed by atoms with Crippen LogP contribution in [0.5, 0.6) is 5.75 Å². The first-order chi connectivity index (χ1) is 20.1. The van der Waals surface area contributed by atoms with E-state index >= 15 is 0 Å². The van der Waals surface area contributed by atoms with Gasteiger partial charge in [-0.2, -0.15) is 0 Å². The molecular weight excluding hydrogens is 558 g/mol. The Labute approximate surface area is 237 Å². The summed E-state index contributed by atoms with van der Waals surface area (Å²) >= 11 is 0. The summed E-state index contributed by atoms with van der Waals surface area (Å²) in [6.45, 7) is -2.14. The molecule has 0 saturated carbocycles. The third-order valence-corrected chi connectivity index (χ3v) is 5.85. The molecule has 0 radical (unpaired) electrons. The SMILES string of the molecule is O=C(O)CN(CCOCCOc1cc2cc(-c3nc4ccccc4o3)oc2cc1N(CC(=O)O)CC(=O)O)CC(=O)O. The number of rotatable bonds is 17. The van der Waals surface area contributed by atoms with Crippen LogP contribution >= 0.6 is 0 Å². The van der Waals surface area contributed by atoms with Crippen molar-refractivity contribution in [1.29, 1.82) is 0 Å². The highest BCUT2D eigenvalue weighted by atomic mass is 16.5. The molecule has 42 heavy (non-hydrogen) atoms. The fraction of sp³-hybridized carbons (Fsp3) is 0.296. The number of ether oxygens (including phenoxy) is 2. The molecule has 0 aliphatic heterocycles. The number of furan rings is 1. The first kappa shape index (κ1) is 29.8. The van der Waals surface area contributed by atoms with E-state index in [1.54, 1.807) is 30.3 Å². The summed E-state index contributed by atoms with van der Waals surface area (Å²) in [5.74, 6) is -4.19. The van der Waals surface area contributed by atoms with Crippen LogP contribution in [0.1, 0.15) is 0 Å². The van der Waals surface area contributed by atoms with Crippen molar-refractivity contribution in [3.05, 3.63) is 42.5 Å². The van der Waals surface area contributed by atoms with Gasteiger partial charge in [0.1, 0.15) is 36.5 Å². The standard InChI is InChI=1S/C27H27N3O12/c31-23(32)12-29(13-24(33)34)5-6-39-7-8-40-21-9-16-10-22(27-28-17-3-1-2-4-19(17)42-27)41-20(16)11-18(21)30(14-25(35)36)15-26(37)38/h1-4,9-11H,5-8,12-15H2,(H,31,32)(H,33,34)(H,35,36)(H,37,38). The first-order valence-corrected chi connectivity index (χ1v) is 12.6. The van der Waals surface area contributed by atoms with E-state index in [4.69, 9.17) is 28.5 Å². The smallest absolute Gasteiger partial charge is 0.323 e. The first-order valence-electron chi connectivity index (χ1n) is 12.6. The summed E-state index contributed by atoms with van der Waals surface area (Å²) < 4.78 is 23.0. The Kier molecular flexibility index (Phi) is 9.57. The highest BCUT2D eigenvalue weighted by Gasteiger charge is 2.22. The lowest BCUT2D eigenvalue weighted by Gasteiger charge is -2.23. The Balaban J connectivity index is 1.53. The molecule has 2 aromatic heterocycles. The number of hydrogen-bond acceptors (Lipinski definition) is 11. The Morgan fingerprint density at radius 3 is 2.07 bits per heavy atom. The maximum Gasteiger partial charge on any atom is 0.323 e. The number of oxazole rings is 1. The van der Waals surface area contributed by atoms with Crippen molar-refractivity contribution in [1.82, 2.24) is 9.88 Å². The van der Waals surface area contributed by atoms with Crippen LogP contribution in [0.25, 0.3) is 33.7 Å². The third-order valence-electron chi connectivity index (χ3n) is 5.85. The number of anilines is 1. The van der Waals surface area contributed by atoms with E-state index in [1.165, 1.54) is 11.0 Å². The van der Waals surface area contributed by atoms with Gasteiger partial charge in [0.2, 0.25) is 0 Å². The van der Waals surface area contributed by atoms with E-state index in [2.05, 4.69) is 4.98 Å². The minimum atomic E-state index is -1.26. The average molecular weight is 586 g/mol. The zero-order chi connectivity index (χ0) is 30.2. The number of aliphatic carboxylic acids is 4. The highest BCUT2D eigenvalue weighted by Crippen LogP contribution is 2.37. The highest BCUT2D eigenvalue weighted by molar-refractivity contribution is 5.90. The summed E-state index contributed by atoms with van der Waals surface area (Å²) in [7, 11) is 0. The number of fused-ring (bicyclic) bond motifs is 2. The summed E-state index contributed by atoms with van der Waals surface area (Å²) in [4.78, 5) is 51.6. The molecule has 0 spiro atoms. The zero-order valence-electron chi connectivity index (χ0n) is 22.1. The lowest BCUT2D eigenvalue weighted by molar-refractivity contribution is -0.142. The van der Waals surface area contributed by atoms with E-state index in [0.29, 0.717) is 27.8 Å². The quantitative estimate of drug-likeness (QED) is 0.131. The Hall–Kier alpha value is -5.15. The normalized spacial score (nSPS) is 11.3. The van der Waals surface area contributed by atoms with Crippen LogP contribution in [-0.2, 0) is 23.9 Å². The maximum absolute atomic E-state index is 11.5. The van der Waals surface area contributed by atoms with Crippen molar-refractivity contribution in [3.8, 4) is 17.4 Å². The van der Waals surface area contributed by atoms with Crippen LogP contribution in [-0.4, -0.2) is 107 Å². The molecule has 0 atom stereocenters. The van der Waals surface area contributed by atoms with Crippen molar-refractivity contribution in [2.45, 2.75) is 0 Å². The number of carboxylic acids is 4. The van der Waals surface area contributed by atoms with Gasteiger partial charge in [0, 0.05) is 18.0 Å². The fourth-order valence-corrected chi connectivity index (χ4v) is 4.16. The van der Waals surface area contributed by atoms with Crippen molar-refractivity contribution in [2.24, 2.45) is 0 Å². The molecule has 0 aliphatic rings. The zero-order valence-corrected chi connectivity index (χ0v) is 22.1. The summed E-state index contributed by atoms with van der Waals surface area (Å²) in [5.41, 5.74) is 1.64. The molecule has 4 N–H and O–H groups in total. The second-order valence-electron chi connectivity index (χ2n) is 9.06. The molecule has 2 aromatic carbocycles. The molecule has 222 valence electrons. The van der Waals surface area contributed by atoms with Gasteiger partial charge in [-0.25, -0.2) is 4.98 Å². The Morgan fingerprint density at radius 1 is 0.762 bits per heavy atom. The van der Waals surface area contributed by atoms with Crippen LogP contribution in [0.4, 0.5) is 5.69 Å². The van der Waals surface area contributed by atoms with Gasteiger partial charge >= 0.3 is 23.9 Å². The predicted molar refractivity (Wildman–Crippen MR) is 145 cm³/mol. The molecule has 0 bridgehead atoms. The number of aromatic nitrogens is 1. The third kappa shape index (κ3) is 7.96. The van der Waals surface area contributed by atoms with E-state index in [1.807, 2.05) is 6.07 Å². The summed E-state index contributed by atoms with van der Waals surface area (Å²) in [5, 5.41) is 37.2. The topological polar surface area (TPSA) is 213 Å². The lowest BCUT2D eigenvalue weighted by atomic mass is 10.2. The second-order valence-corrected chi connectivity index (χ2v) is 9.06. The minimum Gasteiger partial charge on any atom is -0.489 e. The summed E-state index contributed by atoms with van der Waals surface area (Å²) in [6, 6.07) is 11.9. The van der Waals surface area contributed by atoms with Gasteiger partial charge in [0.05, 0.1) is 32.0 Å². The van der Waals surface area contributed by atoms with Gasteiger partial charge < -0.3 is 43.6 Å². The lowest BCUT2D eigenvalue weighted by Crippen LogP contribution is -2.37. The van der Waals surface area contributed by atoms with E-state index in [0.717, 1.165) is 4.90 Å². The van der Waals surface area contributed by atoms with Gasteiger partial charge in [-0.15, -0.1) is 0 Å². The van der Waals surface area contributed by atoms with Crippen molar-refractivity contribution < 1.29 is 57.9 Å². The number of para-hydroxylation sites is 2. The van der Waals surface area contributed by atoms with Crippen molar-refractivity contribution >= 4 is 51.6 Å². The molecule has 0 amide bonds. The van der Waals surface area contributed by atoms with Crippen LogP contribution in [0.3, 0.4) is 0 Å². The van der Waals surface area contributed by atoms with Crippen molar-refractivity contribution in [3.63, 3.8) is 0 Å². The molecule has 0 fully saturated rings. The van der Waals surface area contributed by atoms with Gasteiger partial charge in [-0.1, -0.05) is 12.1 Å². The van der Waals surface area contributed by atoms with Crippen LogP contribution in [0.15, 0.2) is 51.3 Å². The number of benzene rings is 2. The molecule has 4 rings (SSSR count). The summed E-state index contributed by atoms with van der Waals surface area (Å²) in [6.07, 6.45) is 0. The van der Waals surface area contributed by atoms with Crippen LogP contribution in [0.2, 0.25) is 0 Å². The van der Waals surface area contributed by atoms with Crippen LogP contribution < -0.4 is 9.64 Å². The predicted octanol–water partition coefficient (Wildman–Crippen LogP) is 2.08. The molecule has 15 nitrogen and oxygen atoms in total. The van der Waals surface area contributed by atoms with E-state index in [-0.39, 0.29) is 43.7 Å². The second kappa shape index (κ2) is 13.5.